The van der Waals surface area contributed by atoms with Gasteiger partial charge in [-0.1, -0.05) is 0 Å². The molecule has 0 aromatic heterocycles. The van der Waals surface area contributed by atoms with E-state index in [0.29, 0.717) is 0 Å². The van der Waals surface area contributed by atoms with Crippen molar-refractivity contribution >= 4 is 34.8 Å². The second-order valence-corrected chi connectivity index (χ2v) is 7.23. The van der Waals surface area contributed by atoms with Gasteiger partial charge >= 0.3 is 0 Å². The fraction of sp³-hybridized carbons (Fsp3) is 0.286. The second kappa shape index (κ2) is 11.8. The molecule has 11 N–H and O–H groups in total. The van der Waals surface area contributed by atoms with Crippen LogP contribution >= 0.6 is 0 Å². The van der Waals surface area contributed by atoms with E-state index in [0.717, 1.165) is 0 Å². The van der Waals surface area contributed by atoms with Crippen LogP contribution in [0.4, 0.5) is 17.1 Å². The van der Waals surface area contributed by atoms with E-state index in [9.17, 15) is 24.6 Å². The summed E-state index contributed by atoms with van der Waals surface area (Å²) >= 11 is 0. The van der Waals surface area contributed by atoms with Crippen LogP contribution in [0.3, 0.4) is 0 Å². The summed E-state index contributed by atoms with van der Waals surface area (Å²) in [5.74, 6) is -1.80. The second-order valence-electron chi connectivity index (χ2n) is 7.23. The first kappa shape index (κ1) is 25.5. The summed E-state index contributed by atoms with van der Waals surface area (Å²) in [6.07, 6.45) is -2.24. The standard InChI is InChI=1S/C21H27N5O7/c22-14-2-11(19(31)24-7-17(29)9-27)1-12(3-14)21(33)26-16-5-13(4-15(23)6-16)20(32)25-8-18(30)10-28/h1-6,17-18,27-30H,7-10,22-23H2,(H,24,31)(H,25,32)(H,26,33). The zero-order valence-corrected chi connectivity index (χ0v) is 17.6. The number of anilines is 3. The Kier molecular flexibility index (Phi) is 9.12. The number of hydrogen-bond acceptors (Lipinski definition) is 9. The van der Waals surface area contributed by atoms with Gasteiger partial charge < -0.3 is 47.8 Å². The van der Waals surface area contributed by atoms with Gasteiger partial charge in [-0.25, -0.2) is 0 Å². The van der Waals surface area contributed by atoms with E-state index < -0.39 is 43.1 Å². The lowest BCUT2D eigenvalue weighted by Gasteiger charge is -2.13. The smallest absolute Gasteiger partial charge is 0.255 e. The van der Waals surface area contributed by atoms with E-state index in [4.69, 9.17) is 21.7 Å². The fourth-order valence-corrected chi connectivity index (χ4v) is 2.73. The van der Waals surface area contributed by atoms with Gasteiger partial charge in [0, 0.05) is 46.8 Å². The molecule has 0 spiro atoms. The summed E-state index contributed by atoms with van der Waals surface area (Å²) < 4.78 is 0. The number of nitrogens with two attached hydrogens (primary N) is 2. The van der Waals surface area contributed by atoms with E-state index >= 15 is 0 Å². The minimum absolute atomic E-state index is 0.0577. The molecule has 2 atom stereocenters. The highest BCUT2D eigenvalue weighted by Gasteiger charge is 2.15. The van der Waals surface area contributed by atoms with E-state index in [2.05, 4.69) is 16.0 Å². The predicted octanol–water partition coefficient (Wildman–Crippen LogP) is -1.73. The molecule has 0 bridgehead atoms. The summed E-state index contributed by atoms with van der Waals surface area (Å²) in [6.45, 7) is -1.39. The Morgan fingerprint density at radius 2 is 1.12 bits per heavy atom. The molecule has 0 aliphatic carbocycles. The lowest BCUT2D eigenvalue weighted by molar-refractivity contribution is 0.0799. The molecule has 0 radical (unpaired) electrons. The SMILES string of the molecule is Nc1cc(NC(=O)c2cc(N)cc(C(=O)NCC(O)CO)c2)cc(C(=O)NCC(O)CO)c1. The summed E-state index contributed by atoms with van der Waals surface area (Å²) in [6, 6.07) is 8.16. The maximum absolute atomic E-state index is 12.7. The van der Waals surface area contributed by atoms with E-state index in [-0.39, 0.29) is 46.8 Å². The zero-order chi connectivity index (χ0) is 24.5. The molecular formula is C21H27N5O7. The van der Waals surface area contributed by atoms with Crippen molar-refractivity contribution < 1.29 is 34.8 Å². The Balaban J connectivity index is 2.16. The Morgan fingerprint density at radius 1 is 0.697 bits per heavy atom. The molecule has 12 nitrogen and oxygen atoms in total. The number of carbonyl (C=O) groups is 3. The van der Waals surface area contributed by atoms with Crippen LogP contribution in [0.2, 0.25) is 0 Å². The molecule has 0 fully saturated rings. The van der Waals surface area contributed by atoms with Crippen LogP contribution in [0.1, 0.15) is 31.1 Å². The van der Waals surface area contributed by atoms with Crippen molar-refractivity contribution in [3.05, 3.63) is 53.1 Å². The highest BCUT2D eigenvalue weighted by atomic mass is 16.3. The van der Waals surface area contributed by atoms with Crippen LogP contribution in [0.15, 0.2) is 36.4 Å². The molecule has 0 aliphatic heterocycles. The Labute approximate surface area is 189 Å². The first-order chi connectivity index (χ1) is 15.6. The molecule has 2 aromatic rings. The van der Waals surface area contributed by atoms with Crippen molar-refractivity contribution in [2.45, 2.75) is 12.2 Å². The van der Waals surface area contributed by atoms with Gasteiger partial charge in [-0.15, -0.1) is 0 Å². The highest BCUT2D eigenvalue weighted by molar-refractivity contribution is 6.08. The minimum Gasteiger partial charge on any atom is -0.399 e. The number of amides is 3. The quantitative estimate of drug-likeness (QED) is 0.183. The molecule has 178 valence electrons. The molecule has 0 saturated heterocycles. The summed E-state index contributed by atoms with van der Waals surface area (Å²) in [7, 11) is 0. The predicted molar refractivity (Wildman–Crippen MR) is 121 cm³/mol. The molecule has 0 aliphatic rings. The van der Waals surface area contributed by atoms with Crippen LogP contribution in [0.5, 0.6) is 0 Å². The Hall–Kier alpha value is -3.71. The fourth-order valence-electron chi connectivity index (χ4n) is 2.73. The van der Waals surface area contributed by atoms with Crippen LogP contribution in [-0.2, 0) is 0 Å². The van der Waals surface area contributed by atoms with Gasteiger partial charge in [0.1, 0.15) is 0 Å². The van der Waals surface area contributed by atoms with Crippen molar-refractivity contribution in [2.75, 3.05) is 43.1 Å². The number of benzene rings is 2. The summed E-state index contributed by atoms with van der Waals surface area (Å²) in [5.41, 5.74) is 12.4. The molecule has 12 heteroatoms. The Bertz CT molecular complexity index is 1010. The summed E-state index contributed by atoms with van der Waals surface area (Å²) in [4.78, 5) is 37.2. The number of aliphatic hydroxyl groups is 4. The Morgan fingerprint density at radius 3 is 1.61 bits per heavy atom. The first-order valence-electron chi connectivity index (χ1n) is 9.89. The molecule has 0 saturated carbocycles. The third kappa shape index (κ3) is 7.73. The van der Waals surface area contributed by atoms with Crippen molar-refractivity contribution in [2.24, 2.45) is 0 Å². The zero-order valence-electron chi connectivity index (χ0n) is 17.6. The molecule has 2 aromatic carbocycles. The third-order valence-electron chi connectivity index (χ3n) is 4.37. The number of aliphatic hydroxyl groups excluding tert-OH is 4. The molecule has 0 heterocycles. The van der Waals surface area contributed by atoms with Crippen molar-refractivity contribution in [3.63, 3.8) is 0 Å². The lowest BCUT2D eigenvalue weighted by Crippen LogP contribution is -2.34. The van der Waals surface area contributed by atoms with Gasteiger partial charge in [0.15, 0.2) is 0 Å². The minimum atomic E-state index is -1.13. The summed E-state index contributed by atoms with van der Waals surface area (Å²) in [5, 5.41) is 43.8. The van der Waals surface area contributed by atoms with Gasteiger partial charge in [0.25, 0.3) is 17.7 Å². The van der Waals surface area contributed by atoms with Gasteiger partial charge in [0.05, 0.1) is 25.4 Å². The number of nitrogen functional groups attached to an aromatic ring is 2. The van der Waals surface area contributed by atoms with Gasteiger partial charge in [-0.3, -0.25) is 14.4 Å². The lowest BCUT2D eigenvalue weighted by atomic mass is 10.1. The van der Waals surface area contributed by atoms with Gasteiger partial charge in [-0.2, -0.15) is 0 Å². The van der Waals surface area contributed by atoms with E-state index in [1.165, 1.54) is 36.4 Å². The van der Waals surface area contributed by atoms with Crippen molar-refractivity contribution in [1.82, 2.24) is 10.6 Å². The molecule has 2 unspecified atom stereocenters. The third-order valence-corrected chi connectivity index (χ3v) is 4.37. The average molecular weight is 461 g/mol. The normalized spacial score (nSPS) is 12.5. The number of carbonyl (C=O) groups excluding carboxylic acids is 3. The molecular weight excluding hydrogens is 434 g/mol. The van der Waals surface area contributed by atoms with Crippen molar-refractivity contribution in [3.8, 4) is 0 Å². The first-order valence-corrected chi connectivity index (χ1v) is 9.89. The van der Waals surface area contributed by atoms with E-state index in [1.54, 1.807) is 0 Å². The molecule has 33 heavy (non-hydrogen) atoms. The topological polar surface area (TPSA) is 220 Å². The number of rotatable bonds is 10. The number of hydrogen-bond donors (Lipinski definition) is 9. The van der Waals surface area contributed by atoms with Crippen LogP contribution in [-0.4, -0.2) is 76.7 Å². The molecule has 2 rings (SSSR count). The largest absolute Gasteiger partial charge is 0.399 e. The van der Waals surface area contributed by atoms with Crippen LogP contribution in [0.25, 0.3) is 0 Å². The average Bonchev–Trinajstić information content (AvgIpc) is 2.79. The van der Waals surface area contributed by atoms with Gasteiger partial charge in [-0.05, 0) is 36.4 Å². The van der Waals surface area contributed by atoms with Crippen LogP contribution < -0.4 is 27.4 Å². The molecule has 3 amide bonds. The monoisotopic (exact) mass is 461 g/mol. The highest BCUT2D eigenvalue weighted by Crippen LogP contribution is 2.19. The van der Waals surface area contributed by atoms with E-state index in [1.807, 2.05) is 0 Å². The maximum atomic E-state index is 12.7. The van der Waals surface area contributed by atoms with Crippen molar-refractivity contribution in [1.29, 1.82) is 0 Å². The van der Waals surface area contributed by atoms with Crippen LogP contribution in [0, 0.1) is 0 Å². The van der Waals surface area contributed by atoms with Gasteiger partial charge in [0.2, 0.25) is 0 Å². The maximum Gasteiger partial charge on any atom is 0.255 e. The number of nitrogens with one attached hydrogen (secondary N) is 3.